The van der Waals surface area contributed by atoms with Crippen LogP contribution in [0.15, 0.2) is 18.2 Å². The highest BCUT2D eigenvalue weighted by molar-refractivity contribution is 7.80. The average molecular weight is 422 g/mol. The third kappa shape index (κ3) is 4.48. The smallest absolute Gasteiger partial charge is 0.257 e. The molecule has 0 saturated carbocycles. The highest BCUT2D eigenvalue weighted by Crippen LogP contribution is 2.37. The number of hydrogen-bond donors (Lipinski definition) is 3. The van der Waals surface area contributed by atoms with Gasteiger partial charge in [-0.3, -0.25) is 14.9 Å². The van der Waals surface area contributed by atoms with Crippen LogP contribution in [0.1, 0.15) is 56.0 Å². The second-order valence-corrected chi connectivity index (χ2v) is 8.43. The number of hydrogen-bond acceptors (Lipinski definition) is 4. The van der Waals surface area contributed by atoms with Crippen LogP contribution in [0.25, 0.3) is 0 Å². The largest absolute Gasteiger partial charge is 0.365 e. The molecule has 1 aromatic heterocycles. The Morgan fingerprint density at radius 2 is 1.96 bits per heavy atom. The van der Waals surface area contributed by atoms with Crippen LogP contribution in [-0.2, 0) is 12.8 Å². The number of nitrogens with two attached hydrogens (primary N) is 1. The van der Waals surface area contributed by atoms with Crippen LogP contribution in [0.3, 0.4) is 0 Å². The number of thiophene rings is 1. The van der Waals surface area contributed by atoms with Crippen molar-refractivity contribution in [2.24, 2.45) is 5.73 Å². The van der Waals surface area contributed by atoms with Gasteiger partial charge in [-0.05, 0) is 68.1 Å². The molecule has 0 radical (unpaired) electrons. The minimum atomic E-state index is -0.476. The van der Waals surface area contributed by atoms with Crippen molar-refractivity contribution in [3.8, 4) is 0 Å². The van der Waals surface area contributed by atoms with E-state index in [9.17, 15) is 9.59 Å². The van der Waals surface area contributed by atoms with Crippen LogP contribution in [0.5, 0.6) is 0 Å². The maximum atomic E-state index is 12.4. The molecule has 0 bridgehead atoms. The number of primary amides is 1. The van der Waals surface area contributed by atoms with Crippen molar-refractivity contribution in [2.75, 3.05) is 5.32 Å². The molecule has 4 N–H and O–H groups in total. The Morgan fingerprint density at radius 3 is 2.67 bits per heavy atom. The van der Waals surface area contributed by atoms with Crippen molar-refractivity contribution in [1.29, 1.82) is 0 Å². The third-order valence-corrected chi connectivity index (χ3v) is 6.37. The molecule has 0 fully saturated rings. The van der Waals surface area contributed by atoms with E-state index in [4.69, 9.17) is 29.6 Å². The summed E-state index contributed by atoms with van der Waals surface area (Å²) < 4.78 is 0. The van der Waals surface area contributed by atoms with Gasteiger partial charge in [0.25, 0.3) is 11.8 Å². The monoisotopic (exact) mass is 421 g/mol. The standard InChI is InChI=1S/C19H20ClN3O2S2/c1-10-7-8-11(9-13(10)20)17(25)22-19(26)23-18-15(16(21)24)12-5-3-2-4-6-14(12)27-18/h7-9H,2-6H2,1H3,(H2,21,24)(H2,22,23,25,26). The molecule has 142 valence electrons. The molecule has 1 aliphatic rings. The van der Waals surface area contributed by atoms with Gasteiger partial charge in [-0.1, -0.05) is 24.1 Å². The normalized spacial score (nSPS) is 13.4. The maximum Gasteiger partial charge on any atom is 0.257 e. The van der Waals surface area contributed by atoms with E-state index in [1.54, 1.807) is 18.2 Å². The molecule has 0 aliphatic heterocycles. The average Bonchev–Trinajstić information content (AvgIpc) is 2.78. The Bertz CT molecular complexity index is 924. The zero-order valence-corrected chi connectivity index (χ0v) is 17.2. The number of nitrogens with one attached hydrogen (secondary N) is 2. The molecule has 0 saturated heterocycles. The van der Waals surface area contributed by atoms with Crippen molar-refractivity contribution in [3.05, 3.63) is 50.4 Å². The Hall–Kier alpha value is -1.96. The molecule has 1 aliphatic carbocycles. The zero-order chi connectivity index (χ0) is 19.6. The molecule has 3 rings (SSSR count). The molecular formula is C19H20ClN3O2S2. The van der Waals surface area contributed by atoms with Crippen molar-refractivity contribution in [2.45, 2.75) is 39.0 Å². The molecule has 2 amide bonds. The highest BCUT2D eigenvalue weighted by Gasteiger charge is 2.24. The number of benzene rings is 1. The van der Waals surface area contributed by atoms with Gasteiger partial charge in [0.1, 0.15) is 5.00 Å². The van der Waals surface area contributed by atoms with Gasteiger partial charge in [-0.2, -0.15) is 0 Å². The van der Waals surface area contributed by atoms with Gasteiger partial charge in [0, 0.05) is 15.5 Å². The van der Waals surface area contributed by atoms with Crippen LogP contribution in [0.2, 0.25) is 5.02 Å². The van der Waals surface area contributed by atoms with Crippen LogP contribution < -0.4 is 16.4 Å². The predicted molar refractivity (Wildman–Crippen MR) is 114 cm³/mol. The topological polar surface area (TPSA) is 84.2 Å². The third-order valence-electron chi connectivity index (χ3n) is 4.56. The SMILES string of the molecule is Cc1ccc(C(=O)NC(=S)Nc2sc3c(c2C(N)=O)CCCCC3)cc1Cl. The highest BCUT2D eigenvalue weighted by atomic mass is 35.5. The summed E-state index contributed by atoms with van der Waals surface area (Å²) in [6.45, 7) is 1.86. The summed E-state index contributed by atoms with van der Waals surface area (Å²) in [6, 6.07) is 5.05. The van der Waals surface area contributed by atoms with E-state index < -0.39 is 5.91 Å². The number of halogens is 1. The van der Waals surface area contributed by atoms with E-state index in [0.717, 1.165) is 43.2 Å². The van der Waals surface area contributed by atoms with Gasteiger partial charge >= 0.3 is 0 Å². The van der Waals surface area contributed by atoms with Gasteiger partial charge in [0.15, 0.2) is 5.11 Å². The number of amides is 2. The lowest BCUT2D eigenvalue weighted by Crippen LogP contribution is -2.34. The lowest BCUT2D eigenvalue weighted by atomic mass is 10.1. The van der Waals surface area contributed by atoms with Gasteiger partial charge in [0.2, 0.25) is 0 Å². The van der Waals surface area contributed by atoms with E-state index in [-0.39, 0.29) is 11.0 Å². The van der Waals surface area contributed by atoms with E-state index in [1.807, 2.05) is 6.92 Å². The van der Waals surface area contributed by atoms with E-state index in [1.165, 1.54) is 16.2 Å². The Labute approximate surface area is 172 Å². The lowest BCUT2D eigenvalue weighted by Gasteiger charge is -2.10. The first-order chi connectivity index (χ1) is 12.9. The van der Waals surface area contributed by atoms with Crippen LogP contribution in [0, 0.1) is 6.92 Å². The summed E-state index contributed by atoms with van der Waals surface area (Å²) in [5.74, 6) is -0.843. The van der Waals surface area contributed by atoms with Gasteiger partial charge in [-0.15, -0.1) is 11.3 Å². The van der Waals surface area contributed by atoms with Gasteiger partial charge < -0.3 is 11.1 Å². The van der Waals surface area contributed by atoms with Crippen molar-refractivity contribution >= 4 is 57.1 Å². The summed E-state index contributed by atoms with van der Waals surface area (Å²) in [5.41, 5.74) is 8.43. The quantitative estimate of drug-likeness (QED) is 0.512. The van der Waals surface area contributed by atoms with Crippen LogP contribution in [-0.4, -0.2) is 16.9 Å². The number of fused-ring (bicyclic) bond motifs is 1. The number of rotatable bonds is 3. The molecule has 8 heteroatoms. The number of carbonyl (C=O) groups excluding carboxylic acids is 2. The van der Waals surface area contributed by atoms with E-state index in [2.05, 4.69) is 10.6 Å². The molecule has 2 aromatic rings. The summed E-state index contributed by atoms with van der Waals surface area (Å²) >= 11 is 12.8. The fourth-order valence-corrected chi connectivity index (χ4v) is 4.87. The number of aryl methyl sites for hydroxylation is 2. The molecule has 5 nitrogen and oxygen atoms in total. The molecule has 0 atom stereocenters. The summed E-state index contributed by atoms with van der Waals surface area (Å²) in [6.07, 6.45) is 5.06. The number of thiocarbonyl (C=S) groups is 1. The van der Waals surface area contributed by atoms with Gasteiger partial charge in [-0.25, -0.2) is 0 Å². The minimum absolute atomic E-state index is 0.121. The fourth-order valence-electron chi connectivity index (χ4n) is 3.14. The predicted octanol–water partition coefficient (Wildman–Crippen LogP) is 4.20. The molecule has 27 heavy (non-hydrogen) atoms. The minimum Gasteiger partial charge on any atom is -0.365 e. The van der Waals surface area contributed by atoms with E-state index >= 15 is 0 Å². The first-order valence-corrected chi connectivity index (χ1v) is 10.3. The Balaban J connectivity index is 1.76. The van der Waals surface area contributed by atoms with Crippen molar-refractivity contribution in [3.63, 3.8) is 0 Å². The molecular weight excluding hydrogens is 402 g/mol. The summed E-state index contributed by atoms with van der Waals surface area (Å²) in [4.78, 5) is 25.6. The first kappa shape index (κ1) is 19.8. The van der Waals surface area contributed by atoms with Crippen LogP contribution in [0.4, 0.5) is 5.00 Å². The first-order valence-electron chi connectivity index (χ1n) is 8.69. The molecule has 0 spiro atoms. The fraction of sp³-hybridized carbons (Fsp3) is 0.316. The molecule has 1 heterocycles. The lowest BCUT2D eigenvalue weighted by molar-refractivity contribution is 0.0975. The molecule has 1 aromatic carbocycles. The summed E-state index contributed by atoms with van der Waals surface area (Å²) in [7, 11) is 0. The second kappa shape index (κ2) is 8.37. The van der Waals surface area contributed by atoms with Crippen molar-refractivity contribution < 1.29 is 9.59 Å². The Kier molecular flexibility index (Phi) is 6.14. The van der Waals surface area contributed by atoms with Crippen LogP contribution >= 0.6 is 35.2 Å². The van der Waals surface area contributed by atoms with Crippen molar-refractivity contribution in [1.82, 2.24) is 5.32 Å². The van der Waals surface area contributed by atoms with Gasteiger partial charge in [0.05, 0.1) is 5.56 Å². The maximum absolute atomic E-state index is 12.4. The number of anilines is 1. The van der Waals surface area contributed by atoms with E-state index in [0.29, 0.717) is 21.2 Å². The number of carbonyl (C=O) groups is 2. The Morgan fingerprint density at radius 1 is 1.22 bits per heavy atom. The zero-order valence-electron chi connectivity index (χ0n) is 14.9. The second-order valence-electron chi connectivity index (χ2n) is 6.51. The summed E-state index contributed by atoms with van der Waals surface area (Å²) in [5, 5.41) is 6.84. The molecule has 0 unspecified atom stereocenters.